The molecule has 3 aliphatic rings. The SMILES string of the molecule is CC[C@@H](CO)N1C(=O)[C@@H]2[C@@H](C(=O)NC)[C@@]3(C)CCC2(O3)C1C(=O)Nc1ccc(N(CC)CC)cc1. The monoisotopic (exact) mass is 486 g/mol. The number of aliphatic hydroxyl groups is 1. The van der Waals surface area contributed by atoms with E-state index in [0.717, 1.165) is 18.8 Å². The Kier molecular flexibility index (Phi) is 6.85. The van der Waals surface area contributed by atoms with Crippen molar-refractivity contribution in [2.75, 3.05) is 37.0 Å². The largest absolute Gasteiger partial charge is 0.394 e. The van der Waals surface area contributed by atoms with E-state index in [0.29, 0.717) is 24.9 Å². The van der Waals surface area contributed by atoms with Crippen LogP contribution in [-0.2, 0) is 19.1 Å². The van der Waals surface area contributed by atoms with Crippen LogP contribution >= 0.6 is 0 Å². The summed E-state index contributed by atoms with van der Waals surface area (Å²) in [4.78, 5) is 44.3. The highest BCUT2D eigenvalue weighted by atomic mass is 16.5. The van der Waals surface area contributed by atoms with Gasteiger partial charge >= 0.3 is 0 Å². The van der Waals surface area contributed by atoms with Crippen LogP contribution in [0, 0.1) is 11.8 Å². The molecule has 0 saturated carbocycles. The van der Waals surface area contributed by atoms with Gasteiger partial charge in [0.25, 0.3) is 0 Å². The number of benzene rings is 1. The minimum Gasteiger partial charge on any atom is -0.394 e. The van der Waals surface area contributed by atoms with Gasteiger partial charge in [-0.3, -0.25) is 14.4 Å². The third-order valence-corrected chi connectivity index (χ3v) is 8.33. The number of rotatable bonds is 9. The van der Waals surface area contributed by atoms with Crippen molar-refractivity contribution in [3.8, 4) is 0 Å². The van der Waals surface area contributed by atoms with Crippen LogP contribution in [0.25, 0.3) is 0 Å². The molecule has 1 spiro atoms. The summed E-state index contributed by atoms with van der Waals surface area (Å²) >= 11 is 0. The lowest BCUT2D eigenvalue weighted by Gasteiger charge is -2.36. The van der Waals surface area contributed by atoms with E-state index in [1.165, 1.54) is 4.90 Å². The zero-order chi connectivity index (χ0) is 25.5. The number of likely N-dealkylation sites (tertiary alicyclic amines) is 1. The number of aliphatic hydroxyl groups excluding tert-OH is 1. The molecule has 4 rings (SSSR count). The van der Waals surface area contributed by atoms with Gasteiger partial charge in [-0.15, -0.1) is 0 Å². The van der Waals surface area contributed by atoms with Crippen LogP contribution in [0.4, 0.5) is 11.4 Å². The topological polar surface area (TPSA) is 111 Å². The molecule has 0 aromatic heterocycles. The standard InChI is InChI=1S/C26H38N4O5/c1-6-17(15-31)30-21(23(33)28-16-9-11-18(12-10-16)29(7-2)8-3)26-14-13-25(4,35-26)19(22(32)27-5)20(26)24(30)34/h9-12,17,19-21,31H,6-8,13-15H2,1-5H3,(H,27,32)(H,28,33)/t17-,19-,20-,21?,25+,26?/m0/s1. The van der Waals surface area contributed by atoms with Gasteiger partial charge in [-0.25, -0.2) is 0 Å². The average Bonchev–Trinajstić information content (AvgIpc) is 3.42. The maximum atomic E-state index is 13.8. The predicted molar refractivity (Wildman–Crippen MR) is 133 cm³/mol. The Morgan fingerprint density at radius 3 is 2.37 bits per heavy atom. The Labute approximate surface area is 207 Å². The maximum Gasteiger partial charge on any atom is 0.250 e. The molecular formula is C26H38N4O5. The first-order valence-corrected chi connectivity index (χ1v) is 12.7. The molecule has 35 heavy (non-hydrogen) atoms. The molecule has 9 heteroatoms. The Hall–Kier alpha value is -2.65. The quantitative estimate of drug-likeness (QED) is 0.491. The van der Waals surface area contributed by atoms with Gasteiger partial charge in [-0.05, 0) is 64.3 Å². The fourth-order valence-electron chi connectivity index (χ4n) is 6.58. The van der Waals surface area contributed by atoms with Gasteiger partial charge in [0.2, 0.25) is 17.7 Å². The molecule has 3 saturated heterocycles. The normalized spacial score (nSPS) is 31.9. The molecule has 9 nitrogen and oxygen atoms in total. The fourth-order valence-corrected chi connectivity index (χ4v) is 6.58. The van der Waals surface area contributed by atoms with Crippen molar-refractivity contribution in [2.24, 2.45) is 11.8 Å². The second-order valence-electron chi connectivity index (χ2n) is 10.0. The van der Waals surface area contributed by atoms with Crippen LogP contribution in [-0.4, -0.2) is 77.8 Å². The summed E-state index contributed by atoms with van der Waals surface area (Å²) in [5, 5.41) is 15.7. The average molecular weight is 487 g/mol. The lowest BCUT2D eigenvalue weighted by atomic mass is 9.66. The number of carbonyl (C=O) groups is 3. The van der Waals surface area contributed by atoms with E-state index < -0.39 is 35.1 Å². The number of fused-ring (bicyclic) bond motifs is 1. The van der Waals surface area contributed by atoms with E-state index in [9.17, 15) is 19.5 Å². The van der Waals surface area contributed by atoms with Crippen molar-refractivity contribution in [1.29, 1.82) is 0 Å². The highest BCUT2D eigenvalue weighted by Crippen LogP contribution is 2.63. The summed E-state index contributed by atoms with van der Waals surface area (Å²) in [5.41, 5.74) is -0.222. The number of hydrogen-bond acceptors (Lipinski definition) is 6. The van der Waals surface area contributed by atoms with E-state index in [2.05, 4.69) is 29.4 Å². The van der Waals surface area contributed by atoms with Gasteiger partial charge in [-0.1, -0.05) is 6.92 Å². The van der Waals surface area contributed by atoms with Gasteiger partial charge in [0, 0.05) is 31.5 Å². The zero-order valence-electron chi connectivity index (χ0n) is 21.3. The van der Waals surface area contributed by atoms with E-state index in [1.54, 1.807) is 7.05 Å². The minimum absolute atomic E-state index is 0.252. The molecule has 0 aliphatic carbocycles. The zero-order valence-corrected chi connectivity index (χ0v) is 21.3. The second-order valence-corrected chi connectivity index (χ2v) is 10.0. The van der Waals surface area contributed by atoms with Crippen LogP contribution in [0.5, 0.6) is 0 Å². The Balaban J connectivity index is 1.69. The Morgan fingerprint density at radius 1 is 1.17 bits per heavy atom. The smallest absolute Gasteiger partial charge is 0.250 e. The molecule has 1 aromatic carbocycles. The van der Waals surface area contributed by atoms with Crippen LogP contribution in [0.15, 0.2) is 24.3 Å². The number of carbonyl (C=O) groups excluding carboxylic acids is 3. The lowest BCUT2D eigenvalue weighted by molar-refractivity contribution is -0.147. The molecule has 6 atom stereocenters. The van der Waals surface area contributed by atoms with Gasteiger partial charge in [0.05, 0.1) is 30.1 Å². The van der Waals surface area contributed by atoms with Crippen molar-refractivity contribution in [1.82, 2.24) is 10.2 Å². The molecule has 192 valence electrons. The molecule has 1 aromatic rings. The van der Waals surface area contributed by atoms with Crippen molar-refractivity contribution in [3.05, 3.63) is 24.3 Å². The molecule has 3 amide bonds. The van der Waals surface area contributed by atoms with Gasteiger partial charge in [-0.2, -0.15) is 0 Å². The van der Waals surface area contributed by atoms with E-state index in [1.807, 2.05) is 38.1 Å². The molecule has 3 heterocycles. The van der Waals surface area contributed by atoms with E-state index in [4.69, 9.17) is 4.74 Å². The van der Waals surface area contributed by atoms with Crippen LogP contribution in [0.2, 0.25) is 0 Å². The summed E-state index contributed by atoms with van der Waals surface area (Å²) in [6, 6.07) is 6.16. The molecule has 3 N–H and O–H groups in total. The summed E-state index contributed by atoms with van der Waals surface area (Å²) in [6.07, 6.45) is 1.57. The molecule has 3 fully saturated rings. The number of anilines is 2. The second kappa shape index (κ2) is 9.43. The number of nitrogens with one attached hydrogen (secondary N) is 2. The molecule has 2 bridgehead atoms. The van der Waals surface area contributed by atoms with Crippen molar-refractivity contribution >= 4 is 29.1 Å². The van der Waals surface area contributed by atoms with E-state index >= 15 is 0 Å². The van der Waals surface area contributed by atoms with E-state index in [-0.39, 0.29) is 24.3 Å². The summed E-state index contributed by atoms with van der Waals surface area (Å²) in [5.74, 6) is -2.34. The number of nitrogens with zero attached hydrogens (tertiary/aromatic N) is 2. The van der Waals surface area contributed by atoms with Crippen LogP contribution in [0.3, 0.4) is 0 Å². The number of ether oxygens (including phenoxy) is 1. The number of amides is 3. The van der Waals surface area contributed by atoms with Crippen molar-refractivity contribution in [3.63, 3.8) is 0 Å². The predicted octanol–water partition coefficient (Wildman–Crippen LogP) is 1.75. The summed E-state index contributed by atoms with van der Waals surface area (Å²) in [6.45, 7) is 9.42. The molecular weight excluding hydrogens is 448 g/mol. The highest BCUT2D eigenvalue weighted by Gasteiger charge is 2.78. The Bertz CT molecular complexity index is 976. The molecule has 0 radical (unpaired) electrons. The van der Waals surface area contributed by atoms with Crippen molar-refractivity contribution < 1.29 is 24.2 Å². The van der Waals surface area contributed by atoms with Crippen LogP contribution < -0.4 is 15.5 Å². The highest BCUT2D eigenvalue weighted by molar-refractivity contribution is 6.04. The first-order valence-electron chi connectivity index (χ1n) is 12.7. The van der Waals surface area contributed by atoms with Crippen LogP contribution in [0.1, 0.15) is 47.0 Å². The third kappa shape index (κ3) is 3.80. The van der Waals surface area contributed by atoms with Gasteiger partial charge in [0.1, 0.15) is 11.6 Å². The summed E-state index contributed by atoms with van der Waals surface area (Å²) < 4.78 is 6.53. The fraction of sp³-hybridized carbons (Fsp3) is 0.654. The number of hydrogen-bond donors (Lipinski definition) is 3. The maximum absolute atomic E-state index is 13.8. The van der Waals surface area contributed by atoms with Crippen molar-refractivity contribution in [2.45, 2.75) is 70.2 Å². The first-order chi connectivity index (χ1) is 16.7. The minimum atomic E-state index is -1.10. The lowest BCUT2D eigenvalue weighted by Crippen LogP contribution is -2.56. The molecule has 2 unspecified atom stereocenters. The first kappa shape index (κ1) is 25.4. The summed E-state index contributed by atoms with van der Waals surface area (Å²) in [7, 11) is 1.55. The third-order valence-electron chi connectivity index (χ3n) is 8.33. The van der Waals surface area contributed by atoms with Gasteiger partial charge in [0.15, 0.2) is 0 Å². The molecule has 3 aliphatic heterocycles. The Morgan fingerprint density at radius 2 is 1.83 bits per heavy atom. The van der Waals surface area contributed by atoms with Gasteiger partial charge < -0.3 is 30.3 Å².